The molecular weight excluding hydrogens is 240 g/mol. The van der Waals surface area contributed by atoms with Gasteiger partial charge in [-0.3, -0.25) is 9.48 Å². The van der Waals surface area contributed by atoms with Crippen LogP contribution in [0.25, 0.3) is 0 Å². The van der Waals surface area contributed by atoms with Crippen LogP contribution in [-0.4, -0.2) is 20.9 Å². The minimum absolute atomic E-state index is 0.463. The highest BCUT2D eigenvalue weighted by atomic mass is 16.4. The summed E-state index contributed by atoms with van der Waals surface area (Å²) in [6.45, 7) is 1.98. The topological polar surface area (TPSA) is 55.1 Å². The van der Waals surface area contributed by atoms with Crippen LogP contribution in [0.4, 0.5) is 0 Å². The van der Waals surface area contributed by atoms with Crippen molar-refractivity contribution in [2.75, 3.05) is 0 Å². The second kappa shape index (κ2) is 5.69. The Labute approximate surface area is 112 Å². The Morgan fingerprint density at radius 2 is 2.21 bits per heavy atom. The molecule has 0 aliphatic heterocycles. The molecule has 0 bridgehead atoms. The summed E-state index contributed by atoms with van der Waals surface area (Å²) in [5.74, 6) is -1.23. The first kappa shape index (κ1) is 13.3. The minimum Gasteiger partial charge on any atom is -0.481 e. The number of carboxylic acid groups (broad SMARTS) is 1. The summed E-state index contributed by atoms with van der Waals surface area (Å²) in [5, 5.41) is 13.5. The van der Waals surface area contributed by atoms with Crippen LogP contribution in [0.5, 0.6) is 0 Å². The Kier molecular flexibility index (Phi) is 4.00. The largest absolute Gasteiger partial charge is 0.481 e. The first-order chi connectivity index (χ1) is 9.08. The fourth-order valence-electron chi connectivity index (χ4n) is 2.26. The van der Waals surface area contributed by atoms with Crippen LogP contribution in [0.2, 0.25) is 0 Å². The molecule has 1 N–H and O–H groups in total. The van der Waals surface area contributed by atoms with E-state index >= 15 is 0 Å². The van der Waals surface area contributed by atoms with Gasteiger partial charge in [0.05, 0.1) is 5.92 Å². The van der Waals surface area contributed by atoms with E-state index in [2.05, 4.69) is 5.10 Å². The van der Waals surface area contributed by atoms with Crippen molar-refractivity contribution in [2.24, 2.45) is 7.05 Å². The van der Waals surface area contributed by atoms with E-state index in [1.807, 2.05) is 44.3 Å². The lowest BCUT2D eigenvalue weighted by molar-refractivity contribution is -0.138. The molecule has 2 aromatic rings. The van der Waals surface area contributed by atoms with Crippen molar-refractivity contribution in [3.63, 3.8) is 0 Å². The minimum atomic E-state index is -0.771. The molecule has 4 nitrogen and oxygen atoms in total. The SMILES string of the molecule is Cc1cccc(C(CCc2ccnn2C)C(=O)O)c1. The normalized spacial score (nSPS) is 12.3. The molecule has 0 radical (unpaired) electrons. The van der Waals surface area contributed by atoms with Crippen molar-refractivity contribution in [1.82, 2.24) is 9.78 Å². The zero-order chi connectivity index (χ0) is 13.8. The van der Waals surface area contributed by atoms with Crippen LogP contribution >= 0.6 is 0 Å². The van der Waals surface area contributed by atoms with Crippen molar-refractivity contribution in [2.45, 2.75) is 25.7 Å². The van der Waals surface area contributed by atoms with Crippen LogP contribution in [0.15, 0.2) is 36.5 Å². The summed E-state index contributed by atoms with van der Waals surface area (Å²) < 4.78 is 1.79. The fraction of sp³-hybridized carbons (Fsp3) is 0.333. The molecule has 4 heteroatoms. The molecule has 0 fully saturated rings. The molecule has 0 spiro atoms. The maximum absolute atomic E-state index is 11.4. The van der Waals surface area contributed by atoms with Crippen molar-refractivity contribution >= 4 is 5.97 Å². The summed E-state index contributed by atoms with van der Waals surface area (Å²) in [6.07, 6.45) is 3.03. The summed E-state index contributed by atoms with van der Waals surface area (Å²) >= 11 is 0. The second-order valence-corrected chi connectivity index (χ2v) is 4.79. The van der Waals surface area contributed by atoms with Crippen LogP contribution in [0, 0.1) is 6.92 Å². The maximum Gasteiger partial charge on any atom is 0.310 e. The third-order valence-corrected chi connectivity index (χ3v) is 3.35. The molecule has 1 aromatic carbocycles. The molecular formula is C15H18N2O2. The van der Waals surface area contributed by atoms with Crippen LogP contribution in [0.3, 0.4) is 0 Å². The van der Waals surface area contributed by atoms with E-state index in [1.54, 1.807) is 10.9 Å². The van der Waals surface area contributed by atoms with Crippen molar-refractivity contribution in [3.8, 4) is 0 Å². The third-order valence-electron chi connectivity index (χ3n) is 3.35. The van der Waals surface area contributed by atoms with Gasteiger partial charge in [0.1, 0.15) is 0 Å². The lowest BCUT2D eigenvalue weighted by atomic mass is 9.92. The number of hydrogen-bond donors (Lipinski definition) is 1. The van der Waals surface area contributed by atoms with Crippen molar-refractivity contribution < 1.29 is 9.90 Å². The van der Waals surface area contributed by atoms with E-state index in [1.165, 1.54) is 0 Å². The lowest BCUT2D eigenvalue weighted by Gasteiger charge is -2.13. The van der Waals surface area contributed by atoms with Gasteiger partial charge in [-0.1, -0.05) is 29.8 Å². The number of aryl methyl sites for hydroxylation is 3. The van der Waals surface area contributed by atoms with E-state index in [4.69, 9.17) is 0 Å². The number of aliphatic carboxylic acids is 1. The predicted molar refractivity (Wildman–Crippen MR) is 73.1 cm³/mol. The number of carbonyl (C=O) groups is 1. The molecule has 0 aliphatic rings. The first-order valence-electron chi connectivity index (χ1n) is 6.34. The highest BCUT2D eigenvalue weighted by Gasteiger charge is 2.20. The van der Waals surface area contributed by atoms with Crippen LogP contribution < -0.4 is 0 Å². The average Bonchev–Trinajstić information content (AvgIpc) is 2.75. The number of aromatic nitrogens is 2. The molecule has 0 saturated carbocycles. The van der Waals surface area contributed by atoms with E-state index < -0.39 is 11.9 Å². The Morgan fingerprint density at radius 3 is 2.79 bits per heavy atom. The number of nitrogens with zero attached hydrogens (tertiary/aromatic N) is 2. The Morgan fingerprint density at radius 1 is 1.42 bits per heavy atom. The zero-order valence-electron chi connectivity index (χ0n) is 11.2. The number of rotatable bonds is 5. The summed E-state index contributed by atoms with van der Waals surface area (Å²) in [7, 11) is 1.87. The Hall–Kier alpha value is -2.10. The standard InChI is InChI=1S/C15H18N2O2/c1-11-4-3-5-12(10-11)14(15(18)19)7-6-13-8-9-16-17(13)2/h3-5,8-10,14H,6-7H2,1-2H3,(H,18,19). The lowest BCUT2D eigenvalue weighted by Crippen LogP contribution is -2.13. The number of hydrogen-bond acceptors (Lipinski definition) is 2. The first-order valence-corrected chi connectivity index (χ1v) is 6.34. The van der Waals surface area contributed by atoms with Gasteiger partial charge in [-0.15, -0.1) is 0 Å². The molecule has 19 heavy (non-hydrogen) atoms. The molecule has 1 heterocycles. The van der Waals surface area contributed by atoms with Gasteiger partial charge in [0.15, 0.2) is 0 Å². The van der Waals surface area contributed by atoms with E-state index in [0.29, 0.717) is 12.8 Å². The Bertz CT molecular complexity index is 575. The average molecular weight is 258 g/mol. The predicted octanol–water partition coefficient (Wildman–Crippen LogP) is 2.53. The molecule has 1 atom stereocenters. The molecule has 2 rings (SSSR count). The van der Waals surface area contributed by atoms with Gasteiger partial charge in [0.25, 0.3) is 0 Å². The molecule has 100 valence electrons. The van der Waals surface area contributed by atoms with E-state index in [0.717, 1.165) is 16.8 Å². The quantitative estimate of drug-likeness (QED) is 0.896. The molecule has 1 unspecified atom stereocenters. The van der Waals surface area contributed by atoms with Crippen LogP contribution in [-0.2, 0) is 18.3 Å². The third kappa shape index (κ3) is 3.22. The highest BCUT2D eigenvalue weighted by molar-refractivity contribution is 5.76. The van der Waals surface area contributed by atoms with Gasteiger partial charge in [-0.2, -0.15) is 5.10 Å². The van der Waals surface area contributed by atoms with E-state index in [9.17, 15) is 9.90 Å². The number of benzene rings is 1. The van der Waals surface area contributed by atoms with Gasteiger partial charge in [0.2, 0.25) is 0 Å². The molecule has 0 aliphatic carbocycles. The summed E-state index contributed by atoms with van der Waals surface area (Å²) in [4.78, 5) is 11.4. The van der Waals surface area contributed by atoms with Gasteiger partial charge in [-0.05, 0) is 31.4 Å². The second-order valence-electron chi connectivity index (χ2n) is 4.79. The summed E-state index contributed by atoms with van der Waals surface area (Å²) in [5.41, 5.74) is 3.01. The Balaban J connectivity index is 2.13. The van der Waals surface area contributed by atoms with Crippen molar-refractivity contribution in [3.05, 3.63) is 53.3 Å². The summed E-state index contributed by atoms with van der Waals surface area (Å²) in [6, 6.07) is 9.64. The monoisotopic (exact) mass is 258 g/mol. The molecule has 0 amide bonds. The highest BCUT2D eigenvalue weighted by Crippen LogP contribution is 2.23. The number of carboxylic acids is 1. The fourth-order valence-corrected chi connectivity index (χ4v) is 2.26. The van der Waals surface area contributed by atoms with Gasteiger partial charge >= 0.3 is 5.97 Å². The molecule has 0 saturated heterocycles. The molecule has 1 aromatic heterocycles. The van der Waals surface area contributed by atoms with Gasteiger partial charge in [0, 0.05) is 18.9 Å². The smallest absolute Gasteiger partial charge is 0.310 e. The van der Waals surface area contributed by atoms with Crippen LogP contribution in [0.1, 0.15) is 29.2 Å². The maximum atomic E-state index is 11.4. The van der Waals surface area contributed by atoms with E-state index in [-0.39, 0.29) is 0 Å². The van der Waals surface area contributed by atoms with Gasteiger partial charge in [-0.25, -0.2) is 0 Å². The van der Waals surface area contributed by atoms with Gasteiger partial charge < -0.3 is 5.11 Å². The van der Waals surface area contributed by atoms with Crippen molar-refractivity contribution in [1.29, 1.82) is 0 Å². The zero-order valence-corrected chi connectivity index (χ0v) is 11.2.